The summed E-state index contributed by atoms with van der Waals surface area (Å²) in [7, 11) is 2.14. The summed E-state index contributed by atoms with van der Waals surface area (Å²) in [6.45, 7) is 4.31. The lowest BCUT2D eigenvalue weighted by molar-refractivity contribution is 0.151. The van der Waals surface area contributed by atoms with E-state index < -0.39 is 6.09 Å². The van der Waals surface area contributed by atoms with Crippen molar-refractivity contribution in [2.75, 3.05) is 26.7 Å². The van der Waals surface area contributed by atoms with Crippen molar-refractivity contribution in [2.45, 2.75) is 25.7 Å². The van der Waals surface area contributed by atoms with Gasteiger partial charge in [-0.3, -0.25) is 0 Å². The van der Waals surface area contributed by atoms with Crippen molar-refractivity contribution in [3.63, 3.8) is 0 Å². The molecule has 0 spiro atoms. The van der Waals surface area contributed by atoms with Crippen LogP contribution in [-0.2, 0) is 4.74 Å². The lowest BCUT2D eigenvalue weighted by atomic mass is 9.92. The molecule has 0 N–H and O–H groups in total. The molecule has 3 rings (SSSR count). The molecule has 1 saturated heterocycles. The second-order valence-electron chi connectivity index (χ2n) is 5.59. The summed E-state index contributed by atoms with van der Waals surface area (Å²) in [6, 6.07) is 7.90. The summed E-state index contributed by atoms with van der Waals surface area (Å²) in [4.78, 5) is 14.4. The van der Waals surface area contributed by atoms with Crippen LogP contribution in [0.1, 0.15) is 31.4 Å². The largest absolute Gasteiger partial charge is 0.448 e. The van der Waals surface area contributed by atoms with Crippen LogP contribution in [0.4, 0.5) is 4.79 Å². The van der Waals surface area contributed by atoms with Crippen molar-refractivity contribution in [3.05, 3.63) is 30.0 Å². The quantitative estimate of drug-likeness (QED) is 0.852. The zero-order valence-corrected chi connectivity index (χ0v) is 12.6. The van der Waals surface area contributed by atoms with E-state index in [0.717, 1.165) is 42.5 Å². The first kappa shape index (κ1) is 14.1. The van der Waals surface area contributed by atoms with Gasteiger partial charge in [-0.05, 0) is 46.0 Å². The molecule has 0 unspecified atom stereocenters. The van der Waals surface area contributed by atoms with Crippen LogP contribution in [0.25, 0.3) is 10.9 Å². The monoisotopic (exact) mass is 287 g/mol. The van der Waals surface area contributed by atoms with Crippen LogP contribution in [-0.4, -0.2) is 47.5 Å². The predicted octanol–water partition coefficient (Wildman–Crippen LogP) is 2.85. The zero-order chi connectivity index (χ0) is 14.8. The van der Waals surface area contributed by atoms with Crippen molar-refractivity contribution < 1.29 is 9.53 Å². The van der Waals surface area contributed by atoms with Gasteiger partial charge in [0.15, 0.2) is 0 Å². The first-order valence-corrected chi connectivity index (χ1v) is 7.54. The molecule has 0 aliphatic carbocycles. The average molecular weight is 287 g/mol. The fourth-order valence-electron chi connectivity index (χ4n) is 3.00. The van der Waals surface area contributed by atoms with E-state index in [0.29, 0.717) is 12.5 Å². The van der Waals surface area contributed by atoms with Gasteiger partial charge < -0.3 is 9.64 Å². The van der Waals surface area contributed by atoms with Crippen molar-refractivity contribution in [2.24, 2.45) is 0 Å². The molecule has 0 atom stereocenters. The number of para-hydroxylation sites is 1. The number of ether oxygens (including phenoxy) is 1. The lowest BCUT2D eigenvalue weighted by Gasteiger charge is -2.28. The van der Waals surface area contributed by atoms with Crippen molar-refractivity contribution in [1.82, 2.24) is 14.7 Å². The van der Waals surface area contributed by atoms with Crippen LogP contribution in [0.2, 0.25) is 0 Å². The standard InChI is InChI=1S/C16H21N3O2/c1-3-21-16(20)19-14-7-5-4-6-13(14)15(17-19)12-8-10-18(2)11-9-12/h4-7,12H,3,8-11H2,1-2H3. The highest BCUT2D eigenvalue weighted by Crippen LogP contribution is 2.32. The molecule has 112 valence electrons. The Balaban J connectivity index is 2.01. The van der Waals surface area contributed by atoms with Gasteiger partial charge in [0.1, 0.15) is 0 Å². The molecule has 1 fully saturated rings. The van der Waals surface area contributed by atoms with Gasteiger partial charge in [0.25, 0.3) is 0 Å². The van der Waals surface area contributed by atoms with Gasteiger partial charge in [-0.1, -0.05) is 18.2 Å². The van der Waals surface area contributed by atoms with Crippen molar-refractivity contribution in [1.29, 1.82) is 0 Å². The minimum Gasteiger partial charge on any atom is -0.448 e. The number of benzene rings is 1. The highest BCUT2D eigenvalue weighted by molar-refractivity contribution is 5.90. The number of carbonyl (C=O) groups excluding carboxylic acids is 1. The number of fused-ring (bicyclic) bond motifs is 1. The molecule has 21 heavy (non-hydrogen) atoms. The number of hydrogen-bond donors (Lipinski definition) is 0. The first-order valence-electron chi connectivity index (χ1n) is 7.54. The van der Waals surface area contributed by atoms with Crippen LogP contribution < -0.4 is 0 Å². The number of carbonyl (C=O) groups is 1. The van der Waals surface area contributed by atoms with Crippen LogP contribution in [0.3, 0.4) is 0 Å². The van der Waals surface area contributed by atoms with Crippen molar-refractivity contribution >= 4 is 17.0 Å². The molecule has 1 aliphatic rings. The van der Waals surface area contributed by atoms with Gasteiger partial charge in [-0.25, -0.2) is 4.79 Å². The molecular formula is C16H21N3O2. The highest BCUT2D eigenvalue weighted by atomic mass is 16.5. The molecule has 0 bridgehead atoms. The minimum absolute atomic E-state index is 0.358. The third-order valence-corrected chi connectivity index (χ3v) is 4.16. The SMILES string of the molecule is CCOC(=O)n1nc(C2CCN(C)CC2)c2ccccc21. The lowest BCUT2D eigenvalue weighted by Crippen LogP contribution is -2.29. The van der Waals surface area contributed by atoms with Crippen molar-refractivity contribution in [3.8, 4) is 0 Å². The predicted molar refractivity (Wildman–Crippen MR) is 81.6 cm³/mol. The Labute approximate surface area is 124 Å². The Morgan fingerprint density at radius 3 is 2.76 bits per heavy atom. The first-order chi connectivity index (χ1) is 10.2. The number of likely N-dealkylation sites (tertiary alicyclic amines) is 1. The maximum absolute atomic E-state index is 12.1. The van der Waals surface area contributed by atoms with E-state index in [1.54, 1.807) is 0 Å². The fourth-order valence-corrected chi connectivity index (χ4v) is 3.00. The highest BCUT2D eigenvalue weighted by Gasteiger charge is 2.25. The molecule has 0 saturated carbocycles. The molecule has 0 amide bonds. The summed E-state index contributed by atoms with van der Waals surface area (Å²) < 4.78 is 6.52. The summed E-state index contributed by atoms with van der Waals surface area (Å²) in [6.07, 6.45) is 1.77. The Hall–Kier alpha value is -1.88. The van der Waals surface area contributed by atoms with Crippen LogP contribution in [0, 0.1) is 0 Å². The second-order valence-corrected chi connectivity index (χ2v) is 5.59. The summed E-state index contributed by atoms with van der Waals surface area (Å²) in [5.74, 6) is 0.418. The molecule has 2 aromatic rings. The van der Waals surface area contributed by atoms with Crippen LogP contribution in [0.15, 0.2) is 24.3 Å². The maximum Gasteiger partial charge on any atom is 0.435 e. The second kappa shape index (κ2) is 5.85. The molecule has 2 heterocycles. The number of hydrogen-bond acceptors (Lipinski definition) is 4. The van der Waals surface area contributed by atoms with Crippen LogP contribution in [0.5, 0.6) is 0 Å². The summed E-state index contributed by atoms with van der Waals surface area (Å²) in [5.41, 5.74) is 1.87. The molecule has 1 aliphatic heterocycles. The minimum atomic E-state index is -0.395. The third-order valence-electron chi connectivity index (χ3n) is 4.16. The molecule has 5 nitrogen and oxygen atoms in total. The zero-order valence-electron chi connectivity index (χ0n) is 12.6. The maximum atomic E-state index is 12.1. The van der Waals surface area contributed by atoms with Crippen LogP contribution >= 0.6 is 0 Å². The summed E-state index contributed by atoms with van der Waals surface area (Å²) in [5, 5.41) is 5.65. The molecule has 1 aromatic heterocycles. The van der Waals surface area contributed by atoms with E-state index >= 15 is 0 Å². The number of aromatic nitrogens is 2. The van der Waals surface area contributed by atoms with E-state index in [4.69, 9.17) is 4.74 Å². The Kier molecular flexibility index (Phi) is 3.92. The fraction of sp³-hybridized carbons (Fsp3) is 0.500. The van der Waals surface area contributed by atoms with Gasteiger partial charge in [-0.2, -0.15) is 9.78 Å². The van der Waals surface area contributed by atoms with E-state index in [1.165, 1.54) is 4.68 Å². The van der Waals surface area contributed by atoms with Gasteiger partial charge in [0.2, 0.25) is 0 Å². The average Bonchev–Trinajstić information content (AvgIpc) is 2.88. The van der Waals surface area contributed by atoms with Gasteiger partial charge in [-0.15, -0.1) is 0 Å². The molecular weight excluding hydrogens is 266 g/mol. The van der Waals surface area contributed by atoms with E-state index in [-0.39, 0.29) is 0 Å². The molecule has 1 aromatic carbocycles. The number of piperidine rings is 1. The Morgan fingerprint density at radius 1 is 1.33 bits per heavy atom. The van der Waals surface area contributed by atoms with Gasteiger partial charge in [0, 0.05) is 11.3 Å². The smallest absolute Gasteiger partial charge is 0.435 e. The van der Waals surface area contributed by atoms with Gasteiger partial charge >= 0.3 is 6.09 Å². The topological polar surface area (TPSA) is 47.4 Å². The normalized spacial score (nSPS) is 17.2. The molecule has 0 radical (unpaired) electrons. The number of rotatable bonds is 2. The Bertz CT molecular complexity index is 642. The van der Waals surface area contributed by atoms with E-state index in [2.05, 4.69) is 17.0 Å². The van der Waals surface area contributed by atoms with Gasteiger partial charge in [0.05, 0.1) is 17.8 Å². The third kappa shape index (κ3) is 2.65. The number of nitrogens with zero attached hydrogens (tertiary/aromatic N) is 3. The Morgan fingerprint density at radius 2 is 2.05 bits per heavy atom. The van der Waals surface area contributed by atoms with E-state index in [9.17, 15) is 4.79 Å². The molecule has 5 heteroatoms. The summed E-state index contributed by atoms with van der Waals surface area (Å²) >= 11 is 0. The van der Waals surface area contributed by atoms with E-state index in [1.807, 2.05) is 31.2 Å².